The second-order valence-electron chi connectivity index (χ2n) is 6.13. The molecule has 0 bridgehead atoms. The van der Waals surface area contributed by atoms with Gasteiger partial charge < -0.3 is 10.2 Å². The summed E-state index contributed by atoms with van der Waals surface area (Å²) in [5.41, 5.74) is 0. The summed E-state index contributed by atoms with van der Waals surface area (Å²) >= 11 is 0. The van der Waals surface area contributed by atoms with Gasteiger partial charge in [0.2, 0.25) is 5.91 Å². The van der Waals surface area contributed by atoms with Crippen molar-refractivity contribution in [3.63, 3.8) is 0 Å². The highest BCUT2D eigenvalue weighted by atomic mass is 16.2. The van der Waals surface area contributed by atoms with Crippen molar-refractivity contribution in [1.29, 1.82) is 0 Å². The summed E-state index contributed by atoms with van der Waals surface area (Å²) in [4.78, 5) is 14.8. The minimum absolute atomic E-state index is 0.0507. The zero-order valence-electron chi connectivity index (χ0n) is 13.2. The SMILES string of the molecule is CCCCC(CCC)N1CCCC(NC(C)C)C1=O. The summed E-state index contributed by atoms with van der Waals surface area (Å²) in [6.07, 6.45) is 8.08. The Kier molecular flexibility index (Phi) is 7.44. The van der Waals surface area contributed by atoms with E-state index in [1.54, 1.807) is 0 Å². The predicted molar refractivity (Wildman–Crippen MR) is 81.2 cm³/mol. The lowest BCUT2D eigenvalue weighted by molar-refractivity contribution is -0.139. The molecule has 1 heterocycles. The van der Waals surface area contributed by atoms with Crippen LogP contribution in [0.5, 0.6) is 0 Å². The summed E-state index contributed by atoms with van der Waals surface area (Å²) in [7, 11) is 0. The van der Waals surface area contributed by atoms with Crippen molar-refractivity contribution in [3.8, 4) is 0 Å². The van der Waals surface area contributed by atoms with Crippen LogP contribution in [-0.2, 0) is 4.79 Å². The quantitative estimate of drug-likeness (QED) is 0.732. The highest BCUT2D eigenvalue weighted by Gasteiger charge is 2.32. The molecule has 0 aliphatic carbocycles. The van der Waals surface area contributed by atoms with Gasteiger partial charge >= 0.3 is 0 Å². The third kappa shape index (κ3) is 5.13. The maximum atomic E-state index is 12.6. The van der Waals surface area contributed by atoms with Gasteiger partial charge in [-0.15, -0.1) is 0 Å². The Morgan fingerprint density at radius 2 is 2.00 bits per heavy atom. The van der Waals surface area contributed by atoms with Crippen molar-refractivity contribution in [3.05, 3.63) is 0 Å². The van der Waals surface area contributed by atoms with Gasteiger partial charge in [0.05, 0.1) is 6.04 Å². The lowest BCUT2D eigenvalue weighted by Gasteiger charge is -2.39. The first kappa shape index (κ1) is 16.5. The second-order valence-corrected chi connectivity index (χ2v) is 6.13. The van der Waals surface area contributed by atoms with Crippen LogP contribution >= 0.6 is 0 Å². The van der Waals surface area contributed by atoms with Crippen molar-refractivity contribution in [2.24, 2.45) is 0 Å². The van der Waals surface area contributed by atoms with E-state index >= 15 is 0 Å². The van der Waals surface area contributed by atoms with Crippen molar-refractivity contribution in [2.45, 2.75) is 90.8 Å². The molecule has 2 atom stereocenters. The number of carbonyl (C=O) groups excluding carboxylic acids is 1. The average Bonchev–Trinajstić information content (AvgIpc) is 2.37. The summed E-state index contributed by atoms with van der Waals surface area (Å²) in [6, 6.07) is 0.901. The molecule has 19 heavy (non-hydrogen) atoms. The lowest BCUT2D eigenvalue weighted by Crippen LogP contribution is -2.55. The molecule has 1 aliphatic heterocycles. The van der Waals surface area contributed by atoms with Gasteiger partial charge in [-0.3, -0.25) is 4.79 Å². The molecule has 3 nitrogen and oxygen atoms in total. The minimum Gasteiger partial charge on any atom is -0.338 e. The van der Waals surface area contributed by atoms with Crippen molar-refractivity contribution < 1.29 is 4.79 Å². The summed E-state index contributed by atoms with van der Waals surface area (Å²) in [5.74, 6) is 0.342. The smallest absolute Gasteiger partial charge is 0.239 e. The highest BCUT2D eigenvalue weighted by molar-refractivity contribution is 5.83. The molecule has 1 rings (SSSR count). The van der Waals surface area contributed by atoms with E-state index in [9.17, 15) is 4.79 Å². The molecule has 0 aromatic heterocycles. The van der Waals surface area contributed by atoms with Gasteiger partial charge in [-0.1, -0.05) is 47.0 Å². The van der Waals surface area contributed by atoms with Gasteiger partial charge in [0.15, 0.2) is 0 Å². The fourth-order valence-corrected chi connectivity index (χ4v) is 3.05. The normalized spacial score (nSPS) is 22.1. The summed E-state index contributed by atoms with van der Waals surface area (Å²) < 4.78 is 0. The number of nitrogens with one attached hydrogen (secondary N) is 1. The Bertz CT molecular complexity index is 265. The average molecular weight is 268 g/mol. The van der Waals surface area contributed by atoms with Gasteiger partial charge in [-0.2, -0.15) is 0 Å². The Morgan fingerprint density at radius 1 is 1.26 bits per heavy atom. The van der Waals surface area contributed by atoms with E-state index in [4.69, 9.17) is 0 Å². The van der Waals surface area contributed by atoms with E-state index in [1.807, 2.05) is 0 Å². The van der Waals surface area contributed by atoms with Crippen LogP contribution in [-0.4, -0.2) is 35.5 Å². The lowest BCUT2D eigenvalue weighted by atomic mass is 9.97. The van der Waals surface area contributed by atoms with E-state index < -0.39 is 0 Å². The molecular weight excluding hydrogens is 236 g/mol. The number of rotatable bonds is 8. The number of amides is 1. The first-order valence-corrected chi connectivity index (χ1v) is 8.16. The molecule has 1 amide bonds. The number of hydrogen-bond donors (Lipinski definition) is 1. The first-order valence-electron chi connectivity index (χ1n) is 8.16. The molecule has 1 fully saturated rings. The van der Waals surface area contributed by atoms with Gasteiger partial charge in [-0.05, 0) is 25.7 Å². The third-order valence-electron chi connectivity index (χ3n) is 3.96. The molecule has 2 unspecified atom stereocenters. The van der Waals surface area contributed by atoms with Crippen molar-refractivity contribution in [1.82, 2.24) is 10.2 Å². The Balaban J connectivity index is 2.64. The molecule has 1 N–H and O–H groups in total. The number of hydrogen-bond acceptors (Lipinski definition) is 2. The van der Waals surface area contributed by atoms with Crippen LogP contribution in [0.3, 0.4) is 0 Å². The highest BCUT2D eigenvalue weighted by Crippen LogP contribution is 2.21. The molecule has 0 spiro atoms. The van der Waals surface area contributed by atoms with E-state index in [2.05, 4.69) is 37.9 Å². The first-order chi connectivity index (χ1) is 9.10. The molecular formula is C16H32N2O. The Labute approximate surface area is 119 Å². The van der Waals surface area contributed by atoms with E-state index in [0.717, 1.165) is 25.8 Å². The van der Waals surface area contributed by atoms with Gasteiger partial charge in [0, 0.05) is 18.6 Å². The molecule has 3 heteroatoms. The molecule has 0 saturated carbocycles. The number of piperidine rings is 1. The zero-order valence-corrected chi connectivity index (χ0v) is 13.2. The predicted octanol–water partition coefficient (Wildman–Crippen LogP) is 3.33. The Morgan fingerprint density at radius 3 is 2.58 bits per heavy atom. The van der Waals surface area contributed by atoms with Gasteiger partial charge in [0.25, 0.3) is 0 Å². The van der Waals surface area contributed by atoms with E-state index in [-0.39, 0.29) is 6.04 Å². The fraction of sp³-hybridized carbons (Fsp3) is 0.938. The topological polar surface area (TPSA) is 32.3 Å². The van der Waals surface area contributed by atoms with Crippen LogP contribution in [0.1, 0.15) is 72.6 Å². The third-order valence-corrected chi connectivity index (χ3v) is 3.96. The van der Waals surface area contributed by atoms with Crippen LogP contribution in [0.2, 0.25) is 0 Å². The van der Waals surface area contributed by atoms with Crippen molar-refractivity contribution in [2.75, 3.05) is 6.54 Å². The standard InChI is InChI=1S/C16H32N2O/c1-5-7-10-14(9-6-2)18-12-8-11-15(16(18)19)17-13(3)4/h13-15,17H,5-12H2,1-4H3. The van der Waals surface area contributed by atoms with Crippen LogP contribution in [0, 0.1) is 0 Å². The Hall–Kier alpha value is -0.570. The number of unbranched alkanes of at least 4 members (excludes halogenated alkanes) is 1. The van der Waals surface area contributed by atoms with Gasteiger partial charge in [-0.25, -0.2) is 0 Å². The maximum Gasteiger partial charge on any atom is 0.239 e. The second kappa shape index (κ2) is 8.57. The van der Waals surface area contributed by atoms with Crippen molar-refractivity contribution >= 4 is 5.91 Å². The molecule has 112 valence electrons. The maximum absolute atomic E-state index is 12.6. The van der Waals surface area contributed by atoms with Gasteiger partial charge in [0.1, 0.15) is 0 Å². The van der Waals surface area contributed by atoms with E-state index in [0.29, 0.717) is 18.0 Å². The molecule has 1 aliphatic rings. The van der Waals surface area contributed by atoms with Crippen LogP contribution in [0.25, 0.3) is 0 Å². The van der Waals surface area contributed by atoms with Crippen LogP contribution in [0.4, 0.5) is 0 Å². The summed E-state index contributed by atoms with van der Waals surface area (Å²) in [5, 5.41) is 3.42. The number of carbonyl (C=O) groups is 1. The number of nitrogens with zero attached hydrogens (tertiary/aromatic N) is 1. The molecule has 0 aromatic rings. The zero-order chi connectivity index (χ0) is 14.3. The molecule has 1 saturated heterocycles. The van der Waals surface area contributed by atoms with Crippen LogP contribution < -0.4 is 5.32 Å². The fourth-order valence-electron chi connectivity index (χ4n) is 3.05. The van der Waals surface area contributed by atoms with Crippen LogP contribution in [0.15, 0.2) is 0 Å². The monoisotopic (exact) mass is 268 g/mol. The molecule has 0 radical (unpaired) electrons. The summed E-state index contributed by atoms with van der Waals surface area (Å²) in [6.45, 7) is 9.64. The number of likely N-dealkylation sites (tertiary alicyclic amines) is 1. The minimum atomic E-state index is 0.0507. The molecule has 0 aromatic carbocycles. The van der Waals surface area contributed by atoms with E-state index in [1.165, 1.54) is 25.7 Å². The largest absolute Gasteiger partial charge is 0.338 e.